The number of ether oxygens (including phenoxy) is 3. The number of aromatic nitrogens is 2. The van der Waals surface area contributed by atoms with Crippen LogP contribution in [0.3, 0.4) is 0 Å². The lowest BCUT2D eigenvalue weighted by Gasteiger charge is -2.43. The van der Waals surface area contributed by atoms with E-state index in [0.717, 1.165) is 14.9 Å². The van der Waals surface area contributed by atoms with E-state index in [2.05, 4.69) is 61.9 Å². The van der Waals surface area contributed by atoms with Crippen molar-refractivity contribution in [2.24, 2.45) is 0 Å². The molecule has 2 heterocycles. The summed E-state index contributed by atoms with van der Waals surface area (Å²) in [6.45, 7) is 9.91. The smallest absolute Gasteiger partial charge is 0.405 e. The summed E-state index contributed by atoms with van der Waals surface area (Å²) in [5.41, 5.74) is -1.81. The normalized spacial score (nSPS) is 19.0. The van der Waals surface area contributed by atoms with Gasteiger partial charge in [0.2, 0.25) is 0 Å². The average Bonchev–Trinajstić information content (AvgIpc) is 3.42. The van der Waals surface area contributed by atoms with Crippen LogP contribution in [-0.4, -0.2) is 68.2 Å². The number of hydrogen-bond acceptors (Lipinski definition) is 7. The second-order valence-electron chi connectivity index (χ2n) is 12.2. The fourth-order valence-electron chi connectivity index (χ4n) is 5.81. The first-order valence-electron chi connectivity index (χ1n) is 15.5. The van der Waals surface area contributed by atoms with Gasteiger partial charge >= 0.3 is 17.8 Å². The van der Waals surface area contributed by atoms with Gasteiger partial charge < -0.3 is 24.0 Å². The van der Waals surface area contributed by atoms with Crippen LogP contribution in [0.1, 0.15) is 52.8 Å². The molecule has 2 aromatic carbocycles. The highest BCUT2D eigenvalue weighted by Crippen LogP contribution is 2.38. The summed E-state index contributed by atoms with van der Waals surface area (Å²) in [6, 6.07) is 20.2. The zero-order valence-electron chi connectivity index (χ0n) is 27.4. The summed E-state index contributed by atoms with van der Waals surface area (Å²) in [5.74, 6) is 2.57. The Balaban J connectivity index is 1.66. The van der Waals surface area contributed by atoms with Gasteiger partial charge in [0.1, 0.15) is 17.9 Å². The summed E-state index contributed by atoms with van der Waals surface area (Å²) < 4.78 is 64.0. The molecule has 0 radical (unpaired) electrons. The molecule has 10 nitrogen and oxygen atoms in total. The molecule has 3 aromatic rings. The third-order valence-corrected chi connectivity index (χ3v) is 12.9. The molecule has 1 aromatic heterocycles. The van der Waals surface area contributed by atoms with Gasteiger partial charge in [-0.25, -0.2) is 4.79 Å². The van der Waals surface area contributed by atoms with Gasteiger partial charge in [0.25, 0.3) is 13.9 Å². The van der Waals surface area contributed by atoms with Gasteiger partial charge in [0.15, 0.2) is 6.29 Å². The molecule has 14 heteroatoms. The lowest BCUT2D eigenvalue weighted by atomic mass is 10.2. The Morgan fingerprint density at radius 1 is 1.08 bits per heavy atom. The van der Waals surface area contributed by atoms with Crippen LogP contribution in [0.5, 0.6) is 0 Å². The van der Waals surface area contributed by atoms with Gasteiger partial charge in [0.05, 0.1) is 19.3 Å². The number of H-pyrrole nitrogens is 1. The summed E-state index contributed by atoms with van der Waals surface area (Å²) in [6.07, 6.45) is -6.45. The van der Waals surface area contributed by atoms with Gasteiger partial charge in [0, 0.05) is 19.2 Å². The van der Waals surface area contributed by atoms with Crippen LogP contribution in [0.2, 0.25) is 5.04 Å². The molecule has 1 fully saturated rings. The fourth-order valence-corrected chi connectivity index (χ4v) is 10.4. The molecular formula is C34H40F3N3O7Si. The number of nitrogens with one attached hydrogen (secondary N) is 2. The van der Waals surface area contributed by atoms with E-state index in [1.165, 1.54) is 6.20 Å². The molecule has 1 amide bonds. The van der Waals surface area contributed by atoms with Crippen LogP contribution in [-0.2, 0) is 23.4 Å². The van der Waals surface area contributed by atoms with Crippen molar-refractivity contribution in [1.29, 1.82) is 0 Å². The topological polar surface area (TPSA) is 121 Å². The maximum absolute atomic E-state index is 13.0. The fraction of sp³-hybridized carbons (Fsp3) is 0.441. The van der Waals surface area contributed by atoms with Crippen LogP contribution in [0.25, 0.3) is 0 Å². The molecule has 1 unspecified atom stereocenters. The zero-order chi connectivity index (χ0) is 35.1. The van der Waals surface area contributed by atoms with Crippen molar-refractivity contribution in [1.82, 2.24) is 14.9 Å². The van der Waals surface area contributed by atoms with Crippen LogP contribution in [0, 0.1) is 11.8 Å². The molecule has 1 aliphatic rings. The number of nitrogens with zero attached hydrogens (tertiary/aromatic N) is 1. The largest absolute Gasteiger partial charge is 0.471 e. The van der Waals surface area contributed by atoms with E-state index in [0.29, 0.717) is 6.61 Å². The predicted molar refractivity (Wildman–Crippen MR) is 175 cm³/mol. The third kappa shape index (κ3) is 8.52. The SMILES string of the molecule is CCOC(C)O[C@@H]1C[C@H](n2cc(C#CCNC(=O)C(F)(F)F)c(=O)[nH]c2=O)O[C@@H]1CO[Si](c1ccccc1)(c1ccccc1)C(C)(C)C. The third-order valence-electron chi connectivity index (χ3n) is 7.93. The molecule has 0 aliphatic carbocycles. The Morgan fingerprint density at radius 2 is 1.69 bits per heavy atom. The molecule has 1 aliphatic heterocycles. The lowest BCUT2D eigenvalue weighted by Crippen LogP contribution is -2.67. The molecule has 48 heavy (non-hydrogen) atoms. The van der Waals surface area contributed by atoms with E-state index in [9.17, 15) is 27.6 Å². The Bertz CT molecular complexity index is 1670. The first-order chi connectivity index (χ1) is 22.7. The van der Waals surface area contributed by atoms with Gasteiger partial charge in [-0.05, 0) is 29.3 Å². The van der Waals surface area contributed by atoms with Gasteiger partial charge in [-0.3, -0.25) is 19.1 Å². The van der Waals surface area contributed by atoms with Gasteiger partial charge in [-0.15, -0.1) is 0 Å². The van der Waals surface area contributed by atoms with Crippen molar-refractivity contribution in [2.75, 3.05) is 19.8 Å². The van der Waals surface area contributed by atoms with E-state index < -0.39 is 62.9 Å². The summed E-state index contributed by atoms with van der Waals surface area (Å²) in [7, 11) is -2.97. The Morgan fingerprint density at radius 3 is 2.23 bits per heavy atom. The molecule has 258 valence electrons. The van der Waals surface area contributed by atoms with E-state index in [1.54, 1.807) is 12.2 Å². The van der Waals surface area contributed by atoms with Gasteiger partial charge in [-0.1, -0.05) is 93.3 Å². The molecule has 2 N–H and O–H groups in total. The van der Waals surface area contributed by atoms with Crippen LogP contribution in [0.15, 0.2) is 76.4 Å². The number of halogens is 3. The van der Waals surface area contributed by atoms with E-state index in [4.69, 9.17) is 18.6 Å². The highest BCUT2D eigenvalue weighted by atomic mass is 28.4. The molecule has 1 saturated heterocycles. The number of hydrogen-bond donors (Lipinski definition) is 2. The highest BCUT2D eigenvalue weighted by Gasteiger charge is 2.51. The number of amides is 1. The van der Waals surface area contributed by atoms with E-state index in [-0.39, 0.29) is 23.6 Å². The second-order valence-corrected chi connectivity index (χ2v) is 16.5. The number of carbonyl (C=O) groups is 1. The minimum absolute atomic E-state index is 0.108. The monoisotopic (exact) mass is 687 g/mol. The predicted octanol–water partition coefficient (Wildman–Crippen LogP) is 3.20. The Hall–Kier alpha value is -4.00. The first-order valence-corrected chi connectivity index (χ1v) is 17.4. The maximum Gasteiger partial charge on any atom is 0.471 e. The number of rotatable bonds is 11. The van der Waals surface area contributed by atoms with E-state index >= 15 is 0 Å². The van der Waals surface area contributed by atoms with Crippen molar-refractivity contribution in [3.8, 4) is 11.8 Å². The highest BCUT2D eigenvalue weighted by molar-refractivity contribution is 6.99. The summed E-state index contributed by atoms with van der Waals surface area (Å²) in [4.78, 5) is 38.7. The minimum Gasteiger partial charge on any atom is -0.405 e. The van der Waals surface area contributed by atoms with Crippen LogP contribution >= 0.6 is 0 Å². The van der Waals surface area contributed by atoms with E-state index in [1.807, 2.05) is 43.3 Å². The van der Waals surface area contributed by atoms with Crippen LogP contribution < -0.4 is 26.9 Å². The first kappa shape index (κ1) is 36.8. The number of carbonyl (C=O) groups excluding carboxylic acids is 1. The van der Waals surface area contributed by atoms with Crippen molar-refractivity contribution >= 4 is 24.6 Å². The van der Waals surface area contributed by atoms with Gasteiger partial charge in [-0.2, -0.15) is 13.2 Å². The van der Waals surface area contributed by atoms with Crippen molar-refractivity contribution in [2.45, 2.75) is 77.0 Å². The quantitative estimate of drug-likeness (QED) is 0.181. The molecular weight excluding hydrogens is 647 g/mol. The average molecular weight is 688 g/mol. The van der Waals surface area contributed by atoms with Crippen molar-refractivity contribution in [3.63, 3.8) is 0 Å². The zero-order valence-corrected chi connectivity index (χ0v) is 28.4. The Labute approximate surface area is 277 Å². The number of aromatic amines is 1. The summed E-state index contributed by atoms with van der Waals surface area (Å²) >= 11 is 0. The number of alkyl halides is 3. The Kier molecular flexibility index (Phi) is 11.9. The lowest BCUT2D eigenvalue weighted by molar-refractivity contribution is -0.173. The maximum atomic E-state index is 13.0. The minimum atomic E-state index is -5.07. The molecule has 0 spiro atoms. The summed E-state index contributed by atoms with van der Waals surface area (Å²) in [5, 5.41) is 3.45. The van der Waals surface area contributed by atoms with Crippen LogP contribution in [0.4, 0.5) is 13.2 Å². The molecule has 4 rings (SSSR count). The molecule has 0 saturated carbocycles. The molecule has 4 atom stereocenters. The standard InChI is InChI=1S/C34H40F3N3O7Si/c1-6-44-23(2)46-27-20-29(40-21-24(30(41)39-32(40)43)14-13-19-38-31(42)34(35,36)37)47-28(27)22-45-48(33(3,4)5,25-15-9-7-10-16-25)26-17-11-8-12-18-26/h7-12,15-18,21,23,27-29H,6,19-20,22H2,1-5H3,(H,38,42)(H,39,41,43)/t23?,27-,28-,29-/m1/s1. The number of benzene rings is 2. The van der Waals surface area contributed by atoms with Crippen molar-refractivity contribution < 1.29 is 36.6 Å². The molecule has 0 bridgehead atoms. The van der Waals surface area contributed by atoms with Crippen molar-refractivity contribution in [3.05, 3.63) is 93.3 Å². The second kappa shape index (κ2) is 15.5.